The molecular formula is C15H19F3N2O. The molecule has 21 heavy (non-hydrogen) atoms. The predicted molar refractivity (Wildman–Crippen MR) is 73.4 cm³/mol. The Labute approximate surface area is 121 Å². The summed E-state index contributed by atoms with van der Waals surface area (Å²) in [6, 6.07) is 5.23. The third kappa shape index (κ3) is 3.56. The first-order valence-corrected chi connectivity index (χ1v) is 7.06. The molecule has 1 aromatic carbocycles. The van der Waals surface area contributed by atoms with E-state index >= 15 is 0 Å². The molecule has 0 saturated heterocycles. The summed E-state index contributed by atoms with van der Waals surface area (Å²) in [6.45, 7) is 0.421. The van der Waals surface area contributed by atoms with Gasteiger partial charge in [-0.05, 0) is 49.9 Å². The molecule has 3 N–H and O–H groups in total. The maximum atomic E-state index is 12.8. The summed E-state index contributed by atoms with van der Waals surface area (Å²) in [5, 5.41) is 2.90. The Morgan fingerprint density at radius 1 is 1.33 bits per heavy atom. The predicted octanol–water partition coefficient (Wildman–Crippen LogP) is 2.94. The van der Waals surface area contributed by atoms with Gasteiger partial charge in [-0.2, -0.15) is 13.2 Å². The first-order valence-electron chi connectivity index (χ1n) is 7.06. The lowest BCUT2D eigenvalue weighted by molar-refractivity contribution is -0.137. The zero-order valence-corrected chi connectivity index (χ0v) is 11.7. The van der Waals surface area contributed by atoms with Crippen molar-refractivity contribution in [3.05, 3.63) is 35.4 Å². The van der Waals surface area contributed by atoms with Gasteiger partial charge < -0.3 is 11.1 Å². The molecule has 1 aliphatic carbocycles. The van der Waals surface area contributed by atoms with Crippen molar-refractivity contribution >= 4 is 5.91 Å². The van der Waals surface area contributed by atoms with Crippen LogP contribution in [0.3, 0.4) is 0 Å². The van der Waals surface area contributed by atoms with Gasteiger partial charge in [0.1, 0.15) is 0 Å². The van der Waals surface area contributed by atoms with Crippen LogP contribution in [0.1, 0.15) is 43.2 Å². The van der Waals surface area contributed by atoms with E-state index in [-0.39, 0.29) is 5.91 Å². The van der Waals surface area contributed by atoms with Gasteiger partial charge in [-0.3, -0.25) is 4.79 Å². The summed E-state index contributed by atoms with van der Waals surface area (Å²) in [5.41, 5.74) is 4.57. The summed E-state index contributed by atoms with van der Waals surface area (Å²) >= 11 is 0. The highest BCUT2D eigenvalue weighted by atomic mass is 19.4. The summed E-state index contributed by atoms with van der Waals surface area (Å²) in [6.07, 6.45) is -1.26. The van der Waals surface area contributed by atoms with Gasteiger partial charge in [0.25, 0.3) is 0 Å². The van der Waals surface area contributed by atoms with Crippen LogP contribution in [0, 0.1) is 0 Å². The maximum Gasteiger partial charge on any atom is 0.416 e. The van der Waals surface area contributed by atoms with Gasteiger partial charge in [-0.25, -0.2) is 0 Å². The van der Waals surface area contributed by atoms with Crippen molar-refractivity contribution < 1.29 is 18.0 Å². The number of carbonyl (C=O) groups excluding carboxylic acids is 1. The third-order valence-corrected chi connectivity index (χ3v) is 3.94. The maximum absolute atomic E-state index is 12.8. The van der Waals surface area contributed by atoms with E-state index in [4.69, 9.17) is 5.73 Å². The minimum atomic E-state index is -4.37. The van der Waals surface area contributed by atoms with Crippen LogP contribution in [0.2, 0.25) is 0 Å². The van der Waals surface area contributed by atoms with Gasteiger partial charge >= 0.3 is 6.18 Å². The van der Waals surface area contributed by atoms with E-state index in [9.17, 15) is 18.0 Å². The van der Waals surface area contributed by atoms with Gasteiger partial charge in [0.2, 0.25) is 5.91 Å². The SMILES string of the molecule is NCCCC(=O)NC1(c2cccc(C(F)(F)F)c2)CCC1. The number of nitrogens with one attached hydrogen (secondary N) is 1. The molecule has 0 aliphatic heterocycles. The van der Waals surface area contributed by atoms with E-state index in [1.54, 1.807) is 6.07 Å². The number of carbonyl (C=O) groups is 1. The van der Waals surface area contributed by atoms with Crippen LogP contribution in [-0.4, -0.2) is 12.5 Å². The zero-order chi connectivity index (χ0) is 15.5. The largest absolute Gasteiger partial charge is 0.416 e. The van der Waals surface area contributed by atoms with Crippen molar-refractivity contribution in [3.8, 4) is 0 Å². The average Bonchev–Trinajstić information content (AvgIpc) is 2.40. The van der Waals surface area contributed by atoms with Gasteiger partial charge in [-0.15, -0.1) is 0 Å². The van der Waals surface area contributed by atoms with Crippen molar-refractivity contribution in [3.63, 3.8) is 0 Å². The molecule has 1 aliphatic rings. The Hall–Kier alpha value is -1.56. The standard InChI is InChI=1S/C15H19F3N2O/c16-15(17,18)12-5-1-4-11(10-12)14(7-3-8-14)20-13(21)6-2-9-19/h1,4-5,10H,2-3,6-9,19H2,(H,20,21). The molecule has 116 valence electrons. The number of hydrogen-bond acceptors (Lipinski definition) is 2. The van der Waals surface area contributed by atoms with E-state index in [0.717, 1.165) is 18.6 Å². The Morgan fingerprint density at radius 2 is 2.05 bits per heavy atom. The molecule has 0 spiro atoms. The number of halogens is 3. The minimum absolute atomic E-state index is 0.155. The normalized spacial score (nSPS) is 17.1. The van der Waals surface area contributed by atoms with Crippen LogP contribution in [-0.2, 0) is 16.5 Å². The van der Waals surface area contributed by atoms with Crippen LogP contribution in [0.5, 0.6) is 0 Å². The fourth-order valence-electron chi connectivity index (χ4n) is 2.60. The molecule has 1 amide bonds. The number of rotatable bonds is 5. The van der Waals surface area contributed by atoms with Crippen molar-refractivity contribution in [1.82, 2.24) is 5.32 Å². The fraction of sp³-hybridized carbons (Fsp3) is 0.533. The molecular weight excluding hydrogens is 281 g/mol. The molecule has 0 atom stereocenters. The molecule has 1 aromatic rings. The second-order valence-corrected chi connectivity index (χ2v) is 5.45. The lowest BCUT2D eigenvalue weighted by Crippen LogP contribution is -2.50. The first kappa shape index (κ1) is 15.8. The number of nitrogens with two attached hydrogens (primary N) is 1. The van der Waals surface area contributed by atoms with Crippen molar-refractivity contribution in [1.29, 1.82) is 0 Å². The average molecular weight is 300 g/mol. The summed E-state index contributed by atoms with van der Waals surface area (Å²) in [4.78, 5) is 11.9. The van der Waals surface area contributed by atoms with Crippen LogP contribution in [0.15, 0.2) is 24.3 Å². The smallest absolute Gasteiger partial charge is 0.347 e. The van der Waals surface area contributed by atoms with Crippen LogP contribution < -0.4 is 11.1 Å². The van der Waals surface area contributed by atoms with Crippen LogP contribution in [0.25, 0.3) is 0 Å². The molecule has 1 fully saturated rings. The van der Waals surface area contributed by atoms with Gasteiger partial charge in [0.05, 0.1) is 11.1 Å². The third-order valence-electron chi connectivity index (χ3n) is 3.94. The number of benzene rings is 1. The topological polar surface area (TPSA) is 55.1 Å². The highest BCUT2D eigenvalue weighted by Gasteiger charge is 2.41. The molecule has 0 heterocycles. The van der Waals surface area contributed by atoms with Crippen LogP contribution >= 0.6 is 0 Å². The molecule has 3 nitrogen and oxygen atoms in total. The van der Waals surface area contributed by atoms with E-state index in [2.05, 4.69) is 5.32 Å². The molecule has 1 saturated carbocycles. The van der Waals surface area contributed by atoms with E-state index in [1.807, 2.05) is 0 Å². The highest BCUT2D eigenvalue weighted by Crippen LogP contribution is 2.43. The highest BCUT2D eigenvalue weighted by molar-refractivity contribution is 5.77. The zero-order valence-electron chi connectivity index (χ0n) is 11.7. The second-order valence-electron chi connectivity index (χ2n) is 5.45. The molecule has 0 aromatic heterocycles. The molecule has 0 unspecified atom stereocenters. The number of hydrogen-bond donors (Lipinski definition) is 2. The summed E-state index contributed by atoms with van der Waals surface area (Å²) in [7, 11) is 0. The van der Waals surface area contributed by atoms with Crippen molar-refractivity contribution in [2.45, 2.75) is 43.8 Å². The van der Waals surface area contributed by atoms with E-state index in [1.165, 1.54) is 6.07 Å². The van der Waals surface area contributed by atoms with Crippen molar-refractivity contribution in [2.75, 3.05) is 6.54 Å². The molecule has 0 radical (unpaired) electrons. The Bertz CT molecular complexity index is 510. The Balaban J connectivity index is 2.19. The summed E-state index contributed by atoms with van der Waals surface area (Å²) < 4.78 is 38.4. The second kappa shape index (κ2) is 6.05. The lowest BCUT2D eigenvalue weighted by atomic mass is 9.71. The summed E-state index contributed by atoms with van der Waals surface area (Å²) in [5.74, 6) is -0.155. The monoisotopic (exact) mass is 300 g/mol. The van der Waals surface area contributed by atoms with Crippen LogP contribution in [0.4, 0.5) is 13.2 Å². The lowest BCUT2D eigenvalue weighted by Gasteiger charge is -2.43. The van der Waals surface area contributed by atoms with Gasteiger partial charge in [-0.1, -0.05) is 12.1 Å². The molecule has 6 heteroatoms. The Morgan fingerprint density at radius 3 is 2.57 bits per heavy atom. The minimum Gasteiger partial charge on any atom is -0.347 e. The van der Waals surface area contributed by atoms with Crippen molar-refractivity contribution in [2.24, 2.45) is 5.73 Å². The van der Waals surface area contributed by atoms with E-state index < -0.39 is 17.3 Å². The Kier molecular flexibility index (Phi) is 4.56. The number of amides is 1. The molecule has 0 bridgehead atoms. The number of alkyl halides is 3. The van der Waals surface area contributed by atoms with E-state index in [0.29, 0.717) is 37.8 Å². The molecule has 2 rings (SSSR count). The fourth-order valence-corrected chi connectivity index (χ4v) is 2.60. The van der Waals surface area contributed by atoms with Gasteiger partial charge in [0.15, 0.2) is 0 Å². The first-order chi connectivity index (χ1) is 9.87. The quantitative estimate of drug-likeness (QED) is 0.878. The van der Waals surface area contributed by atoms with Gasteiger partial charge in [0, 0.05) is 6.42 Å².